The van der Waals surface area contributed by atoms with Crippen molar-refractivity contribution in [3.05, 3.63) is 59.8 Å². The van der Waals surface area contributed by atoms with E-state index < -0.39 is 0 Å². The summed E-state index contributed by atoms with van der Waals surface area (Å²) in [4.78, 5) is 12.1. The highest BCUT2D eigenvalue weighted by Crippen LogP contribution is 2.21. The van der Waals surface area contributed by atoms with Crippen LogP contribution in [0.1, 0.15) is 30.5 Å². The van der Waals surface area contributed by atoms with Crippen molar-refractivity contribution in [3.63, 3.8) is 0 Å². The maximum Gasteiger partial charge on any atom is 0.224 e. The van der Waals surface area contributed by atoms with Gasteiger partial charge in [-0.25, -0.2) is 0 Å². The Kier molecular flexibility index (Phi) is 6.01. The second kappa shape index (κ2) is 8.62. The van der Waals surface area contributed by atoms with Gasteiger partial charge in [0.15, 0.2) is 0 Å². The SMILES string of the molecule is O=C(CCCCBr)Nc1ccccc1/C=C/c1n[nH]c2ccccc12. The molecule has 2 aromatic carbocycles. The van der Waals surface area contributed by atoms with Crippen LogP contribution in [0.4, 0.5) is 5.69 Å². The summed E-state index contributed by atoms with van der Waals surface area (Å²) in [5, 5.41) is 12.4. The lowest BCUT2D eigenvalue weighted by Gasteiger charge is -2.08. The summed E-state index contributed by atoms with van der Waals surface area (Å²) in [6.45, 7) is 0. The van der Waals surface area contributed by atoms with Gasteiger partial charge in [-0.05, 0) is 36.6 Å². The molecule has 0 aliphatic heterocycles. The number of aromatic amines is 1. The summed E-state index contributed by atoms with van der Waals surface area (Å²) in [5.41, 5.74) is 3.68. The van der Waals surface area contributed by atoms with Crippen LogP contribution in [0.25, 0.3) is 23.1 Å². The number of alkyl halides is 1. The standard InChI is InChI=1S/C20H20BrN3O/c21-14-6-5-11-20(25)22-17-9-3-1-7-15(17)12-13-19-16-8-2-4-10-18(16)23-24-19/h1-4,7-10,12-13H,5-6,11,14H2,(H,22,25)(H,23,24)/b13-12+. The molecule has 0 saturated heterocycles. The number of rotatable bonds is 7. The molecule has 0 aliphatic rings. The van der Waals surface area contributed by atoms with Gasteiger partial charge in [-0.3, -0.25) is 9.89 Å². The van der Waals surface area contributed by atoms with Crippen molar-refractivity contribution in [1.29, 1.82) is 0 Å². The molecule has 0 atom stereocenters. The molecule has 0 spiro atoms. The number of aromatic nitrogens is 2. The number of carbonyl (C=O) groups excluding carboxylic acids is 1. The zero-order chi connectivity index (χ0) is 17.5. The number of nitrogens with zero attached hydrogens (tertiary/aromatic N) is 1. The van der Waals surface area contributed by atoms with Crippen LogP contribution in [0.15, 0.2) is 48.5 Å². The molecule has 5 heteroatoms. The quantitative estimate of drug-likeness (QED) is 0.423. The molecule has 2 N–H and O–H groups in total. The minimum absolute atomic E-state index is 0.0482. The Balaban J connectivity index is 1.75. The largest absolute Gasteiger partial charge is 0.326 e. The van der Waals surface area contributed by atoms with Crippen molar-refractivity contribution in [2.75, 3.05) is 10.6 Å². The van der Waals surface area contributed by atoms with Crippen LogP contribution < -0.4 is 5.32 Å². The van der Waals surface area contributed by atoms with E-state index in [4.69, 9.17) is 0 Å². The van der Waals surface area contributed by atoms with Crippen molar-refractivity contribution >= 4 is 50.6 Å². The van der Waals surface area contributed by atoms with E-state index in [1.54, 1.807) is 0 Å². The van der Waals surface area contributed by atoms with E-state index in [1.165, 1.54) is 0 Å². The van der Waals surface area contributed by atoms with Crippen LogP contribution in [-0.2, 0) is 4.79 Å². The van der Waals surface area contributed by atoms with Crippen LogP contribution in [0.2, 0.25) is 0 Å². The predicted octanol–water partition coefficient (Wildman–Crippen LogP) is 5.24. The van der Waals surface area contributed by atoms with E-state index in [1.807, 2.05) is 60.7 Å². The van der Waals surface area contributed by atoms with E-state index in [-0.39, 0.29) is 5.91 Å². The van der Waals surface area contributed by atoms with E-state index in [0.29, 0.717) is 6.42 Å². The molecule has 1 aromatic heterocycles. The maximum absolute atomic E-state index is 12.1. The Morgan fingerprint density at radius 1 is 1.08 bits per heavy atom. The summed E-state index contributed by atoms with van der Waals surface area (Å²) in [7, 11) is 0. The molecule has 0 saturated carbocycles. The van der Waals surface area contributed by atoms with Crippen LogP contribution in [0.3, 0.4) is 0 Å². The number of hydrogen-bond acceptors (Lipinski definition) is 2. The monoisotopic (exact) mass is 397 g/mol. The molecule has 1 heterocycles. The topological polar surface area (TPSA) is 57.8 Å². The van der Waals surface area contributed by atoms with Gasteiger partial charge in [0.2, 0.25) is 5.91 Å². The number of unbranched alkanes of at least 4 members (excludes halogenated alkanes) is 1. The molecule has 0 unspecified atom stereocenters. The molecule has 4 nitrogen and oxygen atoms in total. The molecule has 3 rings (SSSR count). The Morgan fingerprint density at radius 2 is 1.88 bits per heavy atom. The fraction of sp³-hybridized carbons (Fsp3) is 0.200. The summed E-state index contributed by atoms with van der Waals surface area (Å²) in [5.74, 6) is 0.0482. The number of halogens is 1. The summed E-state index contributed by atoms with van der Waals surface area (Å²) in [6, 6.07) is 15.8. The highest BCUT2D eigenvalue weighted by molar-refractivity contribution is 9.09. The molecule has 1 amide bonds. The lowest BCUT2D eigenvalue weighted by Crippen LogP contribution is -2.11. The Labute approximate surface area is 155 Å². The van der Waals surface area contributed by atoms with Gasteiger partial charge in [-0.15, -0.1) is 0 Å². The molecule has 25 heavy (non-hydrogen) atoms. The van der Waals surface area contributed by atoms with Crippen LogP contribution in [-0.4, -0.2) is 21.4 Å². The minimum Gasteiger partial charge on any atom is -0.326 e. The molecule has 0 radical (unpaired) electrons. The van der Waals surface area contributed by atoms with Crippen molar-refractivity contribution in [2.45, 2.75) is 19.3 Å². The van der Waals surface area contributed by atoms with E-state index in [9.17, 15) is 4.79 Å². The first-order valence-electron chi connectivity index (χ1n) is 8.34. The van der Waals surface area contributed by atoms with Gasteiger partial charge in [0, 0.05) is 22.8 Å². The number of para-hydroxylation sites is 2. The predicted molar refractivity (Wildman–Crippen MR) is 108 cm³/mol. The Bertz CT molecular complexity index is 885. The summed E-state index contributed by atoms with van der Waals surface area (Å²) in [6.07, 6.45) is 6.37. The molecular weight excluding hydrogens is 378 g/mol. The summed E-state index contributed by atoms with van der Waals surface area (Å²) < 4.78 is 0. The first-order chi connectivity index (χ1) is 12.3. The number of carbonyl (C=O) groups is 1. The normalized spacial score (nSPS) is 11.2. The van der Waals surface area contributed by atoms with Gasteiger partial charge < -0.3 is 5.32 Å². The average molecular weight is 398 g/mol. The Hall–Kier alpha value is -2.40. The van der Waals surface area contributed by atoms with E-state index in [0.717, 1.165) is 46.0 Å². The number of H-pyrrole nitrogens is 1. The fourth-order valence-corrected chi connectivity index (χ4v) is 3.03. The third-order valence-corrected chi connectivity index (χ3v) is 4.50. The van der Waals surface area contributed by atoms with Gasteiger partial charge in [0.1, 0.15) is 0 Å². The number of nitrogens with one attached hydrogen (secondary N) is 2. The van der Waals surface area contributed by atoms with Crippen molar-refractivity contribution < 1.29 is 4.79 Å². The first-order valence-corrected chi connectivity index (χ1v) is 9.46. The van der Waals surface area contributed by atoms with Gasteiger partial charge in [-0.1, -0.05) is 58.4 Å². The second-order valence-corrected chi connectivity index (χ2v) is 6.56. The highest BCUT2D eigenvalue weighted by atomic mass is 79.9. The lowest BCUT2D eigenvalue weighted by molar-refractivity contribution is -0.116. The number of anilines is 1. The number of benzene rings is 2. The molecule has 3 aromatic rings. The lowest BCUT2D eigenvalue weighted by atomic mass is 10.1. The third kappa shape index (κ3) is 4.57. The third-order valence-electron chi connectivity index (χ3n) is 3.94. The van der Waals surface area contributed by atoms with Crippen LogP contribution in [0, 0.1) is 0 Å². The zero-order valence-electron chi connectivity index (χ0n) is 13.8. The summed E-state index contributed by atoms with van der Waals surface area (Å²) >= 11 is 3.39. The maximum atomic E-state index is 12.1. The van der Waals surface area contributed by atoms with Crippen molar-refractivity contribution in [1.82, 2.24) is 10.2 Å². The molecule has 128 valence electrons. The van der Waals surface area contributed by atoms with Gasteiger partial charge in [0.05, 0.1) is 11.2 Å². The van der Waals surface area contributed by atoms with Crippen molar-refractivity contribution in [3.8, 4) is 0 Å². The Morgan fingerprint density at radius 3 is 2.76 bits per heavy atom. The first kappa shape index (κ1) is 17.4. The van der Waals surface area contributed by atoms with Crippen molar-refractivity contribution in [2.24, 2.45) is 0 Å². The second-order valence-electron chi connectivity index (χ2n) is 5.77. The fourth-order valence-electron chi connectivity index (χ4n) is 2.63. The number of amides is 1. The highest BCUT2D eigenvalue weighted by Gasteiger charge is 2.06. The number of fused-ring (bicyclic) bond motifs is 1. The van der Waals surface area contributed by atoms with Crippen LogP contribution in [0.5, 0.6) is 0 Å². The van der Waals surface area contributed by atoms with Gasteiger partial charge in [0.25, 0.3) is 0 Å². The van der Waals surface area contributed by atoms with Crippen LogP contribution >= 0.6 is 15.9 Å². The van der Waals surface area contributed by atoms with Gasteiger partial charge in [-0.2, -0.15) is 5.10 Å². The van der Waals surface area contributed by atoms with E-state index >= 15 is 0 Å². The smallest absolute Gasteiger partial charge is 0.224 e. The van der Waals surface area contributed by atoms with Gasteiger partial charge >= 0.3 is 0 Å². The molecule has 0 bridgehead atoms. The molecular formula is C20H20BrN3O. The number of hydrogen-bond donors (Lipinski definition) is 2. The minimum atomic E-state index is 0.0482. The molecule has 0 aliphatic carbocycles. The van der Waals surface area contributed by atoms with E-state index in [2.05, 4.69) is 31.4 Å². The average Bonchev–Trinajstić information content (AvgIpc) is 3.04. The molecule has 0 fully saturated rings. The zero-order valence-corrected chi connectivity index (χ0v) is 15.4.